The van der Waals surface area contributed by atoms with Crippen molar-refractivity contribution < 1.29 is 9.57 Å². The normalized spacial score (nSPS) is 16.8. The summed E-state index contributed by atoms with van der Waals surface area (Å²) < 4.78 is 4.68. The molecule has 0 fully saturated rings. The first-order chi connectivity index (χ1) is 30.4. The second-order valence-corrected chi connectivity index (χ2v) is 27.7. The maximum Gasteiger partial charge on any atom is 0.282 e. The molecule has 0 aromatic rings. The lowest BCUT2D eigenvalue weighted by Gasteiger charge is -2.08. The Balaban J connectivity index is -0.000000155. The van der Waals surface area contributed by atoms with Crippen LogP contribution in [0.4, 0.5) is 0 Å². The molecule has 0 atom stereocenters. The zero-order valence-corrected chi connectivity index (χ0v) is 50.8. The van der Waals surface area contributed by atoms with Crippen LogP contribution in [0.1, 0.15) is 225 Å². The fraction of sp³-hybridized carbons (Fsp3) is 0.889. The Kier molecular flexibility index (Phi) is 48.1. The molecule has 0 saturated carbocycles. The maximum absolute atomic E-state index is 5.28. The predicted octanol–water partition coefficient (Wildman–Crippen LogP) is 13.5. The first-order valence-corrected chi connectivity index (χ1v) is 26.2. The van der Waals surface area contributed by atoms with E-state index >= 15 is 0 Å². The van der Waals surface area contributed by atoms with Crippen molar-refractivity contribution in [3.8, 4) is 0 Å². The number of hydrogen-bond acceptors (Lipinski definition) is 14. The van der Waals surface area contributed by atoms with E-state index in [1.54, 1.807) is 11.8 Å². The molecule has 6 heterocycles. The predicted molar refractivity (Wildman–Crippen MR) is 313 cm³/mol. The molecule has 14 heteroatoms. The van der Waals surface area contributed by atoms with Crippen LogP contribution < -0.4 is 28.3 Å². The molecule has 68 heavy (non-hydrogen) atoms. The molecule has 6 aliphatic rings. The van der Waals surface area contributed by atoms with Crippen molar-refractivity contribution in [1.29, 1.82) is 0 Å². The van der Waals surface area contributed by atoms with E-state index in [0.29, 0.717) is 57.6 Å². The van der Waals surface area contributed by atoms with Gasteiger partial charge in [-0.1, -0.05) is 183 Å². The van der Waals surface area contributed by atoms with Gasteiger partial charge in [-0.05, 0) is 78.4 Å². The van der Waals surface area contributed by atoms with Gasteiger partial charge in [-0.2, -0.15) is 0 Å². The summed E-state index contributed by atoms with van der Waals surface area (Å²) in [6.07, 6.45) is 8.05. The number of nitrogens with one attached hydrogen (secondary N) is 1. The summed E-state index contributed by atoms with van der Waals surface area (Å²) in [6.45, 7) is 63.7. The van der Waals surface area contributed by atoms with E-state index in [9.17, 15) is 0 Å². The molecule has 9 N–H and O–H groups in total. The number of nitrogens with two attached hydrogens (primary N) is 4. The van der Waals surface area contributed by atoms with E-state index in [1.165, 1.54) is 31.4 Å². The van der Waals surface area contributed by atoms with Gasteiger partial charge in [-0.3, -0.25) is 20.0 Å². The van der Waals surface area contributed by atoms with Crippen molar-refractivity contribution in [1.82, 2.24) is 5.32 Å². The highest BCUT2D eigenvalue weighted by Crippen LogP contribution is 2.11. The highest BCUT2D eigenvalue weighted by Gasteiger charge is 2.02. The molecule has 6 rings (SSSR count). The van der Waals surface area contributed by atoms with Crippen LogP contribution in [0.5, 0.6) is 0 Å². The van der Waals surface area contributed by atoms with Crippen molar-refractivity contribution in [3.05, 3.63) is 0 Å². The molecule has 0 amide bonds. The van der Waals surface area contributed by atoms with Crippen LogP contribution in [0.25, 0.3) is 0 Å². The van der Waals surface area contributed by atoms with Gasteiger partial charge in [0.15, 0.2) is 5.17 Å². The molecule has 0 unspecified atom stereocenters. The van der Waals surface area contributed by atoms with Gasteiger partial charge in [0.05, 0.1) is 24.8 Å². The van der Waals surface area contributed by atoms with E-state index < -0.39 is 0 Å². The third kappa shape index (κ3) is 144. The lowest BCUT2D eigenvalue weighted by molar-refractivity contribution is 0.173. The van der Waals surface area contributed by atoms with Gasteiger partial charge in [-0.25, -0.2) is 4.99 Å². The van der Waals surface area contributed by atoms with Crippen LogP contribution in [-0.2, 0) is 9.57 Å². The van der Waals surface area contributed by atoms with E-state index in [1.807, 2.05) is 6.92 Å². The summed E-state index contributed by atoms with van der Waals surface area (Å²) in [7, 11) is 0. The quantitative estimate of drug-likeness (QED) is 0.157. The third-order valence-electron chi connectivity index (χ3n) is 5.15. The van der Waals surface area contributed by atoms with Crippen LogP contribution in [0, 0.1) is 32.5 Å². The molecule has 6 aliphatic heterocycles. The highest BCUT2D eigenvalue weighted by atomic mass is 32.2. The van der Waals surface area contributed by atoms with Crippen LogP contribution in [0.15, 0.2) is 30.1 Å². The maximum atomic E-state index is 5.28. The summed E-state index contributed by atoms with van der Waals surface area (Å²) in [5.41, 5.74) is 25.1. The SMILES string of the molecule is CC(C)(C)C.CC(C)(C)C.CC(C)(C)C.CC(C)(C)C.CC(C)(C)C.CC(C)(C)C.CC1=NCCCC1.CC1=NCCCN1.NC1=NCCC1.NC1=NCCO1.NC1=NCCS1.NC1=NOCC1. The average Bonchev–Trinajstić information content (AvgIpc) is 3.95. The fourth-order valence-corrected chi connectivity index (χ4v) is 3.66. The minimum absolute atomic E-state index is 0.329. The van der Waals surface area contributed by atoms with Gasteiger partial charge in [0.1, 0.15) is 19.0 Å². The molecule has 0 saturated heterocycles. The molecule has 13 nitrogen and oxygen atoms in total. The van der Waals surface area contributed by atoms with Gasteiger partial charge in [0.25, 0.3) is 6.02 Å². The molecule has 0 bridgehead atoms. The Bertz CT molecular complexity index is 1120. The van der Waals surface area contributed by atoms with E-state index in [-0.39, 0.29) is 0 Å². The number of thioether (sulfide) groups is 1. The van der Waals surface area contributed by atoms with Gasteiger partial charge in [-0.15, -0.1) is 0 Å². The van der Waals surface area contributed by atoms with Gasteiger partial charge >= 0.3 is 0 Å². The Labute approximate surface area is 428 Å². The Hall–Kier alpha value is -3.03. The minimum atomic E-state index is 0.329. The summed E-state index contributed by atoms with van der Waals surface area (Å²) in [5.74, 6) is 3.60. The van der Waals surface area contributed by atoms with Crippen LogP contribution in [-0.4, -0.2) is 92.6 Å². The summed E-state index contributed by atoms with van der Waals surface area (Å²) >= 11 is 1.62. The summed E-state index contributed by atoms with van der Waals surface area (Å²) in [4.78, 5) is 24.4. The number of nitrogens with zero attached hydrogens (tertiary/aromatic N) is 6. The molecule has 0 radical (unpaired) electrons. The molecule has 408 valence electrons. The molecule has 0 aromatic carbocycles. The largest absolute Gasteiger partial charge is 0.463 e. The number of amidine groups is 5. The Morgan fingerprint density at radius 3 is 1.00 bits per heavy atom. The van der Waals surface area contributed by atoms with Crippen LogP contribution >= 0.6 is 11.8 Å². The number of rotatable bonds is 0. The van der Waals surface area contributed by atoms with Crippen molar-refractivity contribution >= 4 is 46.2 Å². The monoisotopic (exact) mass is 986 g/mol. The van der Waals surface area contributed by atoms with Crippen LogP contribution in [0.3, 0.4) is 0 Å². The lowest BCUT2D eigenvalue weighted by atomic mass is 10.0. The molecular weight excluding hydrogens is 867 g/mol. The first kappa shape index (κ1) is 76.5. The number of hydrogen-bond donors (Lipinski definition) is 5. The van der Waals surface area contributed by atoms with E-state index in [0.717, 1.165) is 81.1 Å². The van der Waals surface area contributed by atoms with Crippen molar-refractivity contribution in [3.63, 3.8) is 0 Å². The number of ether oxygens (including phenoxy) is 1. The smallest absolute Gasteiger partial charge is 0.282 e. The summed E-state index contributed by atoms with van der Waals surface area (Å²) in [5, 5.41) is 7.31. The number of aliphatic imine (C=N–C) groups is 5. The molecular formula is C54H119N11O2S. The molecule has 0 aliphatic carbocycles. The third-order valence-corrected chi connectivity index (χ3v) is 5.96. The first-order valence-electron chi connectivity index (χ1n) is 25.2. The zero-order chi connectivity index (χ0) is 54.8. The topological polar surface area (TPSA) is 209 Å². The minimum Gasteiger partial charge on any atom is -0.463 e. The second kappa shape index (κ2) is 42.8. The van der Waals surface area contributed by atoms with E-state index in [4.69, 9.17) is 22.9 Å². The lowest BCUT2D eigenvalue weighted by Crippen LogP contribution is -2.26. The van der Waals surface area contributed by atoms with Gasteiger partial charge in [0, 0.05) is 50.5 Å². The molecule has 0 spiro atoms. The fourth-order valence-electron chi connectivity index (χ4n) is 3.08. The Morgan fingerprint density at radius 1 is 0.441 bits per heavy atom. The van der Waals surface area contributed by atoms with Crippen molar-refractivity contribution in [2.24, 2.45) is 85.5 Å². The van der Waals surface area contributed by atoms with Crippen LogP contribution in [0.2, 0.25) is 0 Å². The Morgan fingerprint density at radius 2 is 0.882 bits per heavy atom. The van der Waals surface area contributed by atoms with Gasteiger partial charge < -0.3 is 37.8 Å². The zero-order valence-electron chi connectivity index (χ0n) is 50.0. The van der Waals surface area contributed by atoms with Crippen molar-refractivity contribution in [2.45, 2.75) is 225 Å². The molecule has 0 aromatic heterocycles. The summed E-state index contributed by atoms with van der Waals surface area (Å²) in [6, 6.07) is 0.329. The van der Waals surface area contributed by atoms with Crippen molar-refractivity contribution in [2.75, 3.05) is 58.2 Å². The van der Waals surface area contributed by atoms with E-state index in [2.05, 4.69) is 218 Å². The second-order valence-electron chi connectivity index (χ2n) is 26.6. The standard InChI is InChI=1S/C6H11N.C5H10N2.6C5H12.C4H8N2.2C3H6N2O.C3H6N2S/c1-6-4-2-3-5-7-6;1-5-6-3-2-4-7-5;6*1-5(2,3)4;5-4-2-1-3-6-4;4-3-5-1-2-6-3;4-3-1-2-6-5-3;4-3-5-1-2-6-3/h2-5H2,1H3;2-4H2,1H3,(H,6,7);6*1-4H3;1-3H2,(H2,5,6);3*1-2H2,(H2,4,5). The highest BCUT2D eigenvalue weighted by molar-refractivity contribution is 8.14. The van der Waals surface area contributed by atoms with Gasteiger partial charge in [0.2, 0.25) is 0 Å². The number of oxime groups is 1. The average molecular weight is 987 g/mol.